The van der Waals surface area contributed by atoms with Crippen LogP contribution in [0.2, 0.25) is 5.02 Å². The Kier molecular flexibility index (Phi) is 4.82. The Balaban J connectivity index is 2.08. The molecule has 118 valence electrons. The second-order valence-corrected chi connectivity index (χ2v) is 7.08. The van der Waals surface area contributed by atoms with Crippen LogP contribution < -0.4 is 5.32 Å². The number of sulfone groups is 1. The highest BCUT2D eigenvalue weighted by atomic mass is 35.5. The third kappa shape index (κ3) is 3.63. The average molecular weight is 343 g/mol. The first-order valence-corrected chi connectivity index (χ1v) is 8.45. The van der Waals surface area contributed by atoms with E-state index in [0.29, 0.717) is 10.6 Å². The third-order valence-corrected chi connectivity index (χ3v) is 4.93. The predicted molar refractivity (Wildman–Crippen MR) is 81.1 cm³/mol. The zero-order chi connectivity index (χ0) is 16.3. The number of carbonyl (C=O) groups excluding carboxylic acids is 1. The number of nitrogens with one attached hydrogen (secondary N) is 1. The van der Waals surface area contributed by atoms with Crippen LogP contribution in [0, 0.1) is 0 Å². The zero-order valence-corrected chi connectivity index (χ0v) is 13.6. The number of aryl methyl sites for hydroxylation is 1. The molecule has 1 amide bonds. The first-order valence-electron chi connectivity index (χ1n) is 6.42. The van der Waals surface area contributed by atoms with E-state index in [1.165, 1.54) is 17.9 Å². The van der Waals surface area contributed by atoms with Crippen LogP contribution in [0.4, 0.5) is 0 Å². The molecule has 22 heavy (non-hydrogen) atoms. The van der Waals surface area contributed by atoms with Crippen molar-refractivity contribution in [3.05, 3.63) is 41.2 Å². The minimum absolute atomic E-state index is 0.243. The SMILES string of the molecule is CC(NC(=O)CS(=O)(=O)c1nncn1C)c1ccccc1Cl. The summed E-state index contributed by atoms with van der Waals surface area (Å²) in [5, 5.41) is 9.89. The Bertz CT molecular complexity index is 788. The lowest BCUT2D eigenvalue weighted by molar-refractivity contribution is -0.119. The first kappa shape index (κ1) is 16.4. The van der Waals surface area contributed by atoms with E-state index in [9.17, 15) is 13.2 Å². The molecule has 0 fully saturated rings. The zero-order valence-electron chi connectivity index (χ0n) is 12.0. The van der Waals surface area contributed by atoms with Gasteiger partial charge in [0.05, 0.1) is 6.04 Å². The summed E-state index contributed by atoms with van der Waals surface area (Å²) in [4.78, 5) is 12.0. The highest BCUT2D eigenvalue weighted by Gasteiger charge is 2.25. The lowest BCUT2D eigenvalue weighted by Crippen LogP contribution is -2.33. The van der Waals surface area contributed by atoms with Crippen molar-refractivity contribution in [3.63, 3.8) is 0 Å². The summed E-state index contributed by atoms with van der Waals surface area (Å²) in [5.74, 6) is -1.33. The first-order chi connectivity index (χ1) is 10.3. The monoisotopic (exact) mass is 342 g/mol. The second kappa shape index (κ2) is 6.45. The van der Waals surface area contributed by atoms with E-state index in [2.05, 4.69) is 15.5 Å². The lowest BCUT2D eigenvalue weighted by Gasteiger charge is -2.15. The van der Waals surface area contributed by atoms with Crippen molar-refractivity contribution in [1.29, 1.82) is 0 Å². The van der Waals surface area contributed by atoms with Crippen LogP contribution in [0.25, 0.3) is 0 Å². The Morgan fingerprint density at radius 1 is 1.41 bits per heavy atom. The third-order valence-electron chi connectivity index (χ3n) is 3.02. The number of hydrogen-bond donors (Lipinski definition) is 1. The predicted octanol–water partition coefficient (Wildman–Crippen LogP) is 1.12. The molecule has 0 spiro atoms. The largest absolute Gasteiger partial charge is 0.349 e. The molecule has 0 aliphatic rings. The van der Waals surface area contributed by atoms with Gasteiger partial charge in [0, 0.05) is 12.1 Å². The number of halogens is 1. The summed E-state index contributed by atoms with van der Waals surface area (Å²) >= 11 is 6.05. The van der Waals surface area contributed by atoms with Gasteiger partial charge in [-0.2, -0.15) is 0 Å². The van der Waals surface area contributed by atoms with E-state index in [4.69, 9.17) is 11.6 Å². The molecular weight excluding hydrogens is 328 g/mol. The summed E-state index contributed by atoms with van der Waals surface area (Å²) < 4.78 is 25.4. The molecule has 1 N–H and O–H groups in total. The fourth-order valence-corrected chi connectivity index (χ4v) is 3.49. The number of amides is 1. The number of carbonyl (C=O) groups is 1. The van der Waals surface area contributed by atoms with Gasteiger partial charge in [0.1, 0.15) is 12.1 Å². The Morgan fingerprint density at radius 2 is 2.09 bits per heavy atom. The van der Waals surface area contributed by atoms with E-state index in [1.807, 2.05) is 0 Å². The molecule has 0 aliphatic heterocycles. The summed E-state index contributed by atoms with van der Waals surface area (Å²) in [5.41, 5.74) is 0.716. The maximum Gasteiger partial charge on any atom is 0.249 e. The number of aromatic nitrogens is 3. The van der Waals surface area contributed by atoms with Crippen LogP contribution in [-0.4, -0.2) is 34.8 Å². The highest BCUT2D eigenvalue weighted by molar-refractivity contribution is 7.91. The van der Waals surface area contributed by atoms with Crippen LogP contribution in [0.15, 0.2) is 35.7 Å². The van der Waals surface area contributed by atoms with Crippen LogP contribution in [0.1, 0.15) is 18.5 Å². The van der Waals surface area contributed by atoms with Gasteiger partial charge in [-0.05, 0) is 18.6 Å². The lowest BCUT2D eigenvalue weighted by atomic mass is 10.1. The Labute approximate surface area is 133 Å². The number of rotatable bonds is 5. The summed E-state index contributed by atoms with van der Waals surface area (Å²) in [7, 11) is -2.34. The quantitative estimate of drug-likeness (QED) is 0.878. The van der Waals surface area contributed by atoms with E-state index in [0.717, 1.165) is 0 Å². The molecule has 1 aromatic heterocycles. The van der Waals surface area contributed by atoms with Crippen molar-refractivity contribution < 1.29 is 13.2 Å². The van der Waals surface area contributed by atoms with Crippen molar-refractivity contribution in [1.82, 2.24) is 20.1 Å². The van der Waals surface area contributed by atoms with Crippen molar-refractivity contribution in [3.8, 4) is 0 Å². The van der Waals surface area contributed by atoms with Gasteiger partial charge in [-0.3, -0.25) is 4.79 Å². The molecule has 2 aromatic rings. The fourth-order valence-electron chi connectivity index (χ4n) is 1.98. The topological polar surface area (TPSA) is 93.9 Å². The summed E-state index contributed by atoms with van der Waals surface area (Å²) in [6, 6.07) is 6.63. The van der Waals surface area contributed by atoms with Crippen molar-refractivity contribution in [2.24, 2.45) is 7.05 Å². The second-order valence-electron chi connectivity index (χ2n) is 4.79. The van der Waals surface area contributed by atoms with Crippen molar-refractivity contribution >= 4 is 27.3 Å². The van der Waals surface area contributed by atoms with E-state index >= 15 is 0 Å². The minimum atomic E-state index is -3.84. The van der Waals surface area contributed by atoms with Gasteiger partial charge in [-0.25, -0.2) is 8.42 Å². The molecule has 1 aromatic carbocycles. The highest BCUT2D eigenvalue weighted by Crippen LogP contribution is 2.22. The van der Waals surface area contributed by atoms with Gasteiger partial charge in [-0.15, -0.1) is 10.2 Å². The molecule has 0 saturated carbocycles. The van der Waals surface area contributed by atoms with E-state index < -0.39 is 27.5 Å². The summed E-state index contributed by atoms with van der Waals surface area (Å²) in [6.07, 6.45) is 1.26. The van der Waals surface area contributed by atoms with E-state index in [-0.39, 0.29) is 5.16 Å². The van der Waals surface area contributed by atoms with Gasteiger partial charge in [0.2, 0.25) is 20.9 Å². The normalized spacial score (nSPS) is 12.9. The maximum absolute atomic E-state index is 12.1. The maximum atomic E-state index is 12.1. The van der Waals surface area contributed by atoms with Gasteiger partial charge in [-0.1, -0.05) is 29.8 Å². The Hall–Kier alpha value is -1.93. The van der Waals surface area contributed by atoms with Crippen LogP contribution in [0.3, 0.4) is 0 Å². The molecule has 2 rings (SSSR count). The van der Waals surface area contributed by atoms with Crippen LogP contribution in [-0.2, 0) is 21.7 Å². The van der Waals surface area contributed by atoms with Crippen molar-refractivity contribution in [2.75, 3.05) is 5.75 Å². The smallest absolute Gasteiger partial charge is 0.249 e. The molecule has 0 aliphatic carbocycles. The molecule has 7 nitrogen and oxygen atoms in total. The molecule has 1 unspecified atom stereocenters. The molecule has 1 atom stereocenters. The minimum Gasteiger partial charge on any atom is -0.349 e. The molecule has 1 heterocycles. The fraction of sp³-hybridized carbons (Fsp3) is 0.308. The molecule has 9 heteroatoms. The van der Waals surface area contributed by atoms with Gasteiger partial charge >= 0.3 is 0 Å². The van der Waals surface area contributed by atoms with Gasteiger partial charge in [0.15, 0.2) is 0 Å². The number of nitrogens with zero attached hydrogens (tertiary/aromatic N) is 3. The standard InChI is InChI=1S/C13H15ClN4O3S/c1-9(10-5-3-4-6-11(10)14)16-12(19)7-22(20,21)13-17-15-8-18(13)2/h3-6,8-9H,7H2,1-2H3,(H,16,19). The summed E-state index contributed by atoms with van der Waals surface area (Å²) in [6.45, 7) is 1.73. The van der Waals surface area contributed by atoms with Crippen LogP contribution >= 0.6 is 11.6 Å². The Morgan fingerprint density at radius 3 is 2.68 bits per heavy atom. The van der Waals surface area contributed by atoms with E-state index in [1.54, 1.807) is 31.2 Å². The molecule has 0 radical (unpaired) electrons. The molecule has 0 saturated heterocycles. The molecular formula is C13H15ClN4O3S. The average Bonchev–Trinajstić information content (AvgIpc) is 2.85. The van der Waals surface area contributed by atoms with Gasteiger partial charge < -0.3 is 9.88 Å². The number of benzene rings is 1. The number of hydrogen-bond acceptors (Lipinski definition) is 5. The van der Waals surface area contributed by atoms with Crippen molar-refractivity contribution in [2.45, 2.75) is 18.1 Å². The molecule has 0 bridgehead atoms. The van der Waals surface area contributed by atoms with Crippen LogP contribution in [0.5, 0.6) is 0 Å². The van der Waals surface area contributed by atoms with Gasteiger partial charge in [0.25, 0.3) is 0 Å².